The average Bonchev–Trinajstić information content (AvgIpc) is 1.87. The van der Waals surface area contributed by atoms with Crippen LogP contribution in [-0.2, 0) is 9.47 Å². The number of carbonyl (C=O) groups is 1. The molecule has 0 spiro atoms. The summed E-state index contributed by atoms with van der Waals surface area (Å²) in [6.45, 7) is 4.42. The molecule has 0 atom stereocenters. The zero-order chi connectivity index (χ0) is 8.85. The zero-order valence-corrected chi connectivity index (χ0v) is 6.81. The summed E-state index contributed by atoms with van der Waals surface area (Å²) in [7, 11) is 0. The van der Waals surface area contributed by atoms with Crippen molar-refractivity contribution in [3.8, 4) is 0 Å². The third-order valence-electron chi connectivity index (χ3n) is 0.984. The first-order valence-electron chi connectivity index (χ1n) is 3.25. The highest BCUT2D eigenvalue weighted by Gasteiger charge is 2.05. The van der Waals surface area contributed by atoms with Crippen molar-refractivity contribution in [2.75, 3.05) is 6.61 Å². The number of hydrogen-bond donors (Lipinski definition) is 0. The predicted octanol–water partition coefficient (Wildman–Crippen LogP) is 2.38. The average molecular weight is 162 g/mol. The molecule has 0 aliphatic carbocycles. The van der Waals surface area contributed by atoms with E-state index in [2.05, 4.69) is 9.47 Å². The van der Waals surface area contributed by atoms with E-state index in [9.17, 15) is 9.18 Å². The highest BCUT2D eigenvalue weighted by atomic mass is 19.1. The van der Waals surface area contributed by atoms with Gasteiger partial charge >= 0.3 is 6.16 Å². The normalized spacial score (nSPS) is 12.0. The molecule has 0 aromatic rings. The van der Waals surface area contributed by atoms with Crippen molar-refractivity contribution in [3.05, 3.63) is 11.6 Å². The van der Waals surface area contributed by atoms with Crippen LogP contribution >= 0.6 is 0 Å². The van der Waals surface area contributed by atoms with Crippen LogP contribution in [0.4, 0.5) is 9.18 Å². The van der Waals surface area contributed by atoms with Crippen LogP contribution in [0, 0.1) is 0 Å². The van der Waals surface area contributed by atoms with Gasteiger partial charge < -0.3 is 9.47 Å². The van der Waals surface area contributed by atoms with Crippen molar-refractivity contribution in [1.82, 2.24) is 0 Å². The predicted molar refractivity (Wildman–Crippen MR) is 37.6 cm³/mol. The van der Waals surface area contributed by atoms with E-state index >= 15 is 0 Å². The summed E-state index contributed by atoms with van der Waals surface area (Å²) in [4.78, 5) is 10.5. The monoisotopic (exact) mass is 162 g/mol. The maximum Gasteiger partial charge on any atom is 0.513 e. The number of carbonyl (C=O) groups excluding carboxylic acids is 1. The van der Waals surface area contributed by atoms with E-state index in [1.807, 2.05) is 0 Å². The second-order valence-corrected chi connectivity index (χ2v) is 1.87. The smallest absolute Gasteiger partial charge is 0.434 e. The molecule has 11 heavy (non-hydrogen) atoms. The molecule has 0 aliphatic rings. The van der Waals surface area contributed by atoms with Gasteiger partial charge in [0.25, 0.3) is 0 Å². The Morgan fingerprint density at radius 3 is 2.36 bits per heavy atom. The van der Waals surface area contributed by atoms with E-state index < -0.39 is 12.0 Å². The molecule has 0 fully saturated rings. The van der Waals surface area contributed by atoms with E-state index in [-0.39, 0.29) is 12.4 Å². The number of ether oxygens (including phenoxy) is 2. The van der Waals surface area contributed by atoms with Crippen LogP contribution in [0.2, 0.25) is 0 Å². The molecule has 0 bridgehead atoms. The maximum absolute atomic E-state index is 12.2. The first-order chi connectivity index (χ1) is 5.07. The molecule has 0 saturated carbocycles. The molecule has 0 unspecified atom stereocenters. The van der Waals surface area contributed by atoms with Crippen LogP contribution in [0.5, 0.6) is 0 Å². The van der Waals surface area contributed by atoms with Gasteiger partial charge in [0, 0.05) is 0 Å². The summed E-state index contributed by atoms with van der Waals surface area (Å²) < 4.78 is 21.0. The van der Waals surface area contributed by atoms with E-state index in [4.69, 9.17) is 0 Å². The minimum absolute atomic E-state index is 0.0662. The van der Waals surface area contributed by atoms with Crippen molar-refractivity contribution in [3.63, 3.8) is 0 Å². The fourth-order valence-corrected chi connectivity index (χ4v) is 0.343. The number of rotatable bonds is 2. The Morgan fingerprint density at radius 2 is 2.00 bits per heavy atom. The number of hydrogen-bond acceptors (Lipinski definition) is 3. The van der Waals surface area contributed by atoms with E-state index in [1.54, 1.807) is 6.92 Å². The Labute approximate surface area is 64.8 Å². The van der Waals surface area contributed by atoms with Gasteiger partial charge in [-0.2, -0.15) is 0 Å². The summed E-state index contributed by atoms with van der Waals surface area (Å²) in [5, 5.41) is 0. The summed E-state index contributed by atoms with van der Waals surface area (Å²) in [6.07, 6.45) is -0.873. The Balaban J connectivity index is 3.86. The lowest BCUT2D eigenvalue weighted by atomic mass is 10.5. The molecule has 0 aliphatic heterocycles. The van der Waals surface area contributed by atoms with Gasteiger partial charge in [-0.25, -0.2) is 9.18 Å². The van der Waals surface area contributed by atoms with Gasteiger partial charge in [0.1, 0.15) is 11.6 Å². The fourth-order valence-electron chi connectivity index (χ4n) is 0.343. The van der Waals surface area contributed by atoms with Crippen molar-refractivity contribution in [2.45, 2.75) is 20.8 Å². The van der Waals surface area contributed by atoms with Crippen molar-refractivity contribution >= 4 is 6.16 Å². The fraction of sp³-hybridized carbons (Fsp3) is 0.571. The molecule has 0 aromatic heterocycles. The summed E-state index contributed by atoms with van der Waals surface area (Å²) in [5.74, 6) is -0.596. The Kier molecular flexibility index (Phi) is 4.26. The van der Waals surface area contributed by atoms with Crippen LogP contribution in [0.3, 0.4) is 0 Å². The maximum atomic E-state index is 12.2. The Morgan fingerprint density at radius 1 is 1.45 bits per heavy atom. The molecule has 0 heterocycles. The van der Waals surface area contributed by atoms with Crippen molar-refractivity contribution in [2.24, 2.45) is 0 Å². The molecule has 0 rings (SSSR count). The highest BCUT2D eigenvalue weighted by molar-refractivity contribution is 5.61. The van der Waals surface area contributed by atoms with Crippen LogP contribution in [-0.4, -0.2) is 12.8 Å². The lowest BCUT2D eigenvalue weighted by Gasteiger charge is -2.02. The van der Waals surface area contributed by atoms with Gasteiger partial charge in [0.05, 0.1) is 6.61 Å². The van der Waals surface area contributed by atoms with Crippen LogP contribution < -0.4 is 0 Å². The quantitative estimate of drug-likeness (QED) is 0.462. The SMILES string of the molecule is CCOC(=O)OC(C)=C(C)F. The molecule has 3 nitrogen and oxygen atoms in total. The van der Waals surface area contributed by atoms with Gasteiger partial charge in [0.15, 0.2) is 0 Å². The van der Waals surface area contributed by atoms with Gasteiger partial charge in [-0.3, -0.25) is 0 Å². The summed E-state index contributed by atoms with van der Waals surface area (Å²) in [6, 6.07) is 0. The van der Waals surface area contributed by atoms with Gasteiger partial charge in [-0.05, 0) is 20.8 Å². The standard InChI is InChI=1S/C7H11FO3/c1-4-10-7(9)11-6(3)5(2)8/h4H2,1-3H3. The summed E-state index contributed by atoms with van der Waals surface area (Å²) >= 11 is 0. The van der Waals surface area contributed by atoms with E-state index in [0.717, 1.165) is 0 Å². The molecule has 64 valence electrons. The minimum atomic E-state index is -0.873. The van der Waals surface area contributed by atoms with Crippen LogP contribution in [0.25, 0.3) is 0 Å². The minimum Gasteiger partial charge on any atom is -0.434 e. The molecular formula is C7H11FO3. The largest absolute Gasteiger partial charge is 0.513 e. The molecule has 0 aromatic carbocycles. The van der Waals surface area contributed by atoms with E-state index in [0.29, 0.717) is 0 Å². The third kappa shape index (κ3) is 4.36. The molecule has 0 saturated heterocycles. The van der Waals surface area contributed by atoms with Crippen molar-refractivity contribution in [1.29, 1.82) is 0 Å². The first-order valence-corrected chi connectivity index (χ1v) is 3.25. The second-order valence-electron chi connectivity index (χ2n) is 1.87. The number of allylic oxidation sites excluding steroid dienone is 2. The van der Waals surface area contributed by atoms with Gasteiger partial charge in [-0.1, -0.05) is 0 Å². The Hall–Kier alpha value is -1.06. The van der Waals surface area contributed by atoms with E-state index in [1.165, 1.54) is 13.8 Å². The first kappa shape index (κ1) is 9.94. The molecule has 4 heteroatoms. The summed E-state index contributed by atoms with van der Waals surface area (Å²) in [5.41, 5.74) is 0. The zero-order valence-electron chi connectivity index (χ0n) is 6.81. The topological polar surface area (TPSA) is 35.5 Å². The molecular weight excluding hydrogens is 151 g/mol. The van der Waals surface area contributed by atoms with Crippen molar-refractivity contribution < 1.29 is 18.7 Å². The Bertz CT molecular complexity index is 171. The second kappa shape index (κ2) is 4.71. The highest BCUT2D eigenvalue weighted by Crippen LogP contribution is 2.06. The lowest BCUT2D eigenvalue weighted by molar-refractivity contribution is 0.0799. The molecule has 0 N–H and O–H groups in total. The molecule has 0 radical (unpaired) electrons. The third-order valence-corrected chi connectivity index (χ3v) is 0.984. The molecule has 0 amide bonds. The van der Waals surface area contributed by atoms with Gasteiger partial charge in [-0.15, -0.1) is 0 Å². The number of halogens is 1. The van der Waals surface area contributed by atoms with Crippen LogP contribution in [0.15, 0.2) is 11.6 Å². The lowest BCUT2D eigenvalue weighted by Crippen LogP contribution is -2.05. The van der Waals surface area contributed by atoms with Gasteiger partial charge in [0.2, 0.25) is 0 Å². The van der Waals surface area contributed by atoms with Crippen LogP contribution in [0.1, 0.15) is 20.8 Å².